The van der Waals surface area contributed by atoms with Crippen LogP contribution in [0.15, 0.2) is 47.4 Å². The van der Waals surface area contributed by atoms with Crippen molar-refractivity contribution >= 4 is 21.6 Å². The number of rotatable bonds is 7. The van der Waals surface area contributed by atoms with Crippen molar-refractivity contribution in [1.82, 2.24) is 10.0 Å². The number of hydrogen-bond donors (Lipinski definition) is 2. The van der Waals surface area contributed by atoms with Crippen LogP contribution in [0.3, 0.4) is 0 Å². The van der Waals surface area contributed by atoms with Gasteiger partial charge in [0.1, 0.15) is 18.4 Å². The van der Waals surface area contributed by atoms with E-state index >= 15 is 0 Å². The molecule has 0 saturated carbocycles. The first kappa shape index (κ1) is 24.3. The minimum absolute atomic E-state index is 0.0771. The quantitative estimate of drug-likeness (QED) is 0.619. The molecule has 1 aliphatic rings. The molecule has 3 rings (SSSR count). The zero-order chi connectivity index (χ0) is 23.4. The summed E-state index contributed by atoms with van der Waals surface area (Å²) in [7, 11) is -4.42. The van der Waals surface area contributed by atoms with Crippen LogP contribution < -0.4 is 14.8 Å². The van der Waals surface area contributed by atoms with Gasteiger partial charge < -0.3 is 10.1 Å². The SMILES string of the molecule is N#Cc1cc(S(=O)(=O)NCC(F)(F)F)ccc1OC[C@@H]1CNCCC1c1ccc(Cl)cc1. The smallest absolute Gasteiger partial charge is 0.402 e. The summed E-state index contributed by atoms with van der Waals surface area (Å²) in [6.07, 6.45) is -3.80. The molecule has 1 fully saturated rings. The average molecular weight is 488 g/mol. The Hall–Kier alpha value is -2.32. The van der Waals surface area contributed by atoms with E-state index in [4.69, 9.17) is 16.3 Å². The third-order valence-corrected chi connectivity index (χ3v) is 6.85. The number of piperidine rings is 1. The third kappa shape index (κ3) is 6.36. The van der Waals surface area contributed by atoms with E-state index in [-0.39, 0.29) is 29.8 Å². The number of nitrogens with zero attached hydrogens (tertiary/aromatic N) is 1. The second-order valence-electron chi connectivity index (χ2n) is 7.43. The third-order valence-electron chi connectivity index (χ3n) is 5.20. The first-order valence-electron chi connectivity index (χ1n) is 9.78. The Morgan fingerprint density at radius 2 is 1.94 bits per heavy atom. The van der Waals surface area contributed by atoms with Crippen molar-refractivity contribution in [3.63, 3.8) is 0 Å². The van der Waals surface area contributed by atoms with Gasteiger partial charge in [-0.05, 0) is 54.8 Å². The Balaban J connectivity index is 1.73. The van der Waals surface area contributed by atoms with Gasteiger partial charge in [-0.15, -0.1) is 0 Å². The molecule has 172 valence electrons. The van der Waals surface area contributed by atoms with Crippen molar-refractivity contribution < 1.29 is 26.3 Å². The molecule has 0 spiro atoms. The van der Waals surface area contributed by atoms with Gasteiger partial charge in [0.05, 0.1) is 17.1 Å². The minimum atomic E-state index is -4.69. The van der Waals surface area contributed by atoms with Crippen LogP contribution in [0.1, 0.15) is 23.5 Å². The number of hydrogen-bond acceptors (Lipinski definition) is 5. The van der Waals surface area contributed by atoms with E-state index in [0.717, 1.165) is 30.7 Å². The highest BCUT2D eigenvalue weighted by Crippen LogP contribution is 2.32. The molecular formula is C21H21ClF3N3O3S. The van der Waals surface area contributed by atoms with E-state index in [1.807, 2.05) is 30.3 Å². The van der Waals surface area contributed by atoms with Gasteiger partial charge in [-0.1, -0.05) is 23.7 Å². The molecule has 1 saturated heterocycles. The normalized spacial score (nSPS) is 19.3. The van der Waals surface area contributed by atoms with Crippen molar-refractivity contribution in [3.05, 3.63) is 58.6 Å². The van der Waals surface area contributed by atoms with Crippen LogP contribution in [0.25, 0.3) is 0 Å². The van der Waals surface area contributed by atoms with E-state index in [2.05, 4.69) is 5.32 Å². The first-order valence-corrected chi connectivity index (χ1v) is 11.6. The average Bonchev–Trinajstić information content (AvgIpc) is 2.76. The molecule has 2 atom stereocenters. The standard InChI is InChI=1S/C21H21ClF3N3O3S/c22-17-3-1-14(2-4-17)19-7-8-27-11-16(19)12-31-20-6-5-18(9-15(20)10-26)32(29,30)28-13-21(23,24)25/h1-6,9,16,19,27-28H,7-8,11-13H2/t16-,19?/m0/s1. The van der Waals surface area contributed by atoms with Gasteiger partial charge in [0.25, 0.3) is 0 Å². The number of sulfonamides is 1. The molecule has 32 heavy (non-hydrogen) atoms. The lowest BCUT2D eigenvalue weighted by molar-refractivity contribution is -0.121. The summed E-state index contributed by atoms with van der Waals surface area (Å²) in [6, 6.07) is 12.9. The van der Waals surface area contributed by atoms with Crippen LogP contribution in [0.4, 0.5) is 13.2 Å². The van der Waals surface area contributed by atoms with Crippen LogP contribution in [-0.2, 0) is 10.0 Å². The maximum absolute atomic E-state index is 12.4. The lowest BCUT2D eigenvalue weighted by atomic mass is 9.81. The second kappa shape index (κ2) is 10.1. The van der Waals surface area contributed by atoms with E-state index in [0.29, 0.717) is 11.6 Å². The van der Waals surface area contributed by atoms with Gasteiger partial charge in [-0.2, -0.15) is 18.4 Å². The fourth-order valence-corrected chi connectivity index (χ4v) is 4.76. The van der Waals surface area contributed by atoms with E-state index in [9.17, 15) is 26.9 Å². The Morgan fingerprint density at radius 1 is 1.22 bits per heavy atom. The summed E-state index contributed by atoms with van der Waals surface area (Å²) < 4.78 is 68.6. The highest BCUT2D eigenvalue weighted by molar-refractivity contribution is 7.89. The molecule has 6 nitrogen and oxygen atoms in total. The minimum Gasteiger partial charge on any atom is -0.492 e. The van der Waals surface area contributed by atoms with Crippen molar-refractivity contribution in [2.45, 2.75) is 23.4 Å². The maximum atomic E-state index is 12.4. The molecule has 2 aromatic rings. The Labute approximate surface area is 189 Å². The zero-order valence-electron chi connectivity index (χ0n) is 16.8. The predicted molar refractivity (Wildman–Crippen MR) is 113 cm³/mol. The number of nitrogens with one attached hydrogen (secondary N) is 2. The summed E-state index contributed by atoms with van der Waals surface area (Å²) in [4.78, 5) is -0.441. The van der Waals surface area contributed by atoms with E-state index in [1.54, 1.807) is 0 Å². The van der Waals surface area contributed by atoms with Crippen molar-refractivity contribution in [3.8, 4) is 11.8 Å². The van der Waals surface area contributed by atoms with Gasteiger partial charge >= 0.3 is 6.18 Å². The number of ether oxygens (including phenoxy) is 1. The molecule has 1 aliphatic heterocycles. The molecule has 0 amide bonds. The van der Waals surface area contributed by atoms with Gasteiger partial charge in [0.2, 0.25) is 10.0 Å². The monoisotopic (exact) mass is 487 g/mol. The Bertz CT molecular complexity index is 1090. The number of nitriles is 1. The maximum Gasteiger partial charge on any atom is 0.402 e. The van der Waals surface area contributed by atoms with E-state index in [1.165, 1.54) is 10.8 Å². The van der Waals surface area contributed by atoms with Crippen LogP contribution in [-0.4, -0.2) is 40.8 Å². The largest absolute Gasteiger partial charge is 0.492 e. The number of benzene rings is 2. The van der Waals surface area contributed by atoms with Crippen LogP contribution >= 0.6 is 11.6 Å². The van der Waals surface area contributed by atoms with Crippen LogP contribution in [0.5, 0.6) is 5.75 Å². The van der Waals surface area contributed by atoms with Crippen LogP contribution in [0, 0.1) is 17.2 Å². The molecule has 0 aliphatic carbocycles. The number of alkyl halides is 3. The van der Waals surface area contributed by atoms with Crippen molar-refractivity contribution in [2.75, 3.05) is 26.2 Å². The molecule has 0 aromatic heterocycles. The molecule has 1 unspecified atom stereocenters. The molecule has 0 bridgehead atoms. The molecule has 2 aromatic carbocycles. The Kier molecular flexibility index (Phi) is 7.67. The highest BCUT2D eigenvalue weighted by Gasteiger charge is 2.31. The first-order chi connectivity index (χ1) is 15.1. The second-order valence-corrected chi connectivity index (χ2v) is 9.63. The van der Waals surface area contributed by atoms with Crippen LogP contribution in [0.2, 0.25) is 5.02 Å². The fraction of sp³-hybridized carbons (Fsp3) is 0.381. The molecule has 0 radical (unpaired) electrons. The summed E-state index contributed by atoms with van der Waals surface area (Å²) in [6.45, 7) is 0.122. The van der Waals surface area contributed by atoms with E-state index < -0.39 is 27.6 Å². The van der Waals surface area contributed by atoms with Crippen molar-refractivity contribution in [1.29, 1.82) is 5.26 Å². The predicted octanol–water partition coefficient (Wildman–Crippen LogP) is 3.82. The molecule has 1 heterocycles. The molecular weight excluding hydrogens is 467 g/mol. The summed E-state index contributed by atoms with van der Waals surface area (Å²) >= 11 is 5.98. The lowest BCUT2D eigenvalue weighted by Crippen LogP contribution is -2.38. The topological polar surface area (TPSA) is 91.2 Å². The Morgan fingerprint density at radius 3 is 2.59 bits per heavy atom. The van der Waals surface area contributed by atoms with Crippen molar-refractivity contribution in [2.24, 2.45) is 5.92 Å². The zero-order valence-corrected chi connectivity index (χ0v) is 18.4. The lowest BCUT2D eigenvalue weighted by Gasteiger charge is -2.32. The fourth-order valence-electron chi connectivity index (χ4n) is 3.59. The summed E-state index contributed by atoms with van der Waals surface area (Å²) in [5.41, 5.74) is 1.05. The van der Waals surface area contributed by atoms with Gasteiger partial charge in [-0.3, -0.25) is 0 Å². The molecule has 11 heteroatoms. The molecule has 2 N–H and O–H groups in total. The van der Waals surface area contributed by atoms with Gasteiger partial charge in [0.15, 0.2) is 0 Å². The summed E-state index contributed by atoms with van der Waals surface area (Å²) in [5, 5.41) is 13.4. The summed E-state index contributed by atoms with van der Waals surface area (Å²) in [5.74, 6) is 0.473. The van der Waals surface area contributed by atoms with Gasteiger partial charge in [0, 0.05) is 17.5 Å². The highest BCUT2D eigenvalue weighted by atomic mass is 35.5. The van der Waals surface area contributed by atoms with Gasteiger partial charge in [-0.25, -0.2) is 13.1 Å². The number of halogens is 4.